The first-order chi connectivity index (χ1) is 11.8. The minimum Gasteiger partial charge on any atom is -0.493 e. The molecule has 1 amide bonds. The van der Waals surface area contributed by atoms with Crippen molar-refractivity contribution in [3.63, 3.8) is 0 Å². The van der Waals surface area contributed by atoms with E-state index in [2.05, 4.69) is 5.32 Å². The number of carbonyl (C=O) groups excluding carboxylic acids is 1. The molecular weight excluding hydrogens is 332 g/mol. The summed E-state index contributed by atoms with van der Waals surface area (Å²) < 4.78 is 15.2. The van der Waals surface area contributed by atoms with E-state index >= 15 is 0 Å². The molecule has 2 N–H and O–H groups in total. The number of nitrogens with one attached hydrogen (secondary N) is 1. The lowest BCUT2D eigenvalue weighted by Gasteiger charge is -2.21. The van der Waals surface area contributed by atoms with E-state index in [9.17, 15) is 20.0 Å². The monoisotopic (exact) mass is 350 g/mol. The summed E-state index contributed by atoms with van der Waals surface area (Å²) in [6.07, 6.45) is 1.39. The molecule has 0 saturated heterocycles. The number of amides is 1. The Labute approximate surface area is 143 Å². The van der Waals surface area contributed by atoms with Gasteiger partial charge in [0, 0.05) is 6.07 Å². The van der Waals surface area contributed by atoms with Gasteiger partial charge in [0.05, 0.1) is 38.0 Å². The minimum atomic E-state index is -1.47. The van der Waals surface area contributed by atoms with Crippen LogP contribution < -0.4 is 14.8 Å². The van der Waals surface area contributed by atoms with Crippen LogP contribution in [0.25, 0.3) is 0 Å². The highest BCUT2D eigenvalue weighted by Crippen LogP contribution is 2.34. The minimum absolute atomic E-state index is 0.133. The number of aliphatic hydroxyl groups is 1. The molecule has 0 aliphatic carbocycles. The molecule has 0 spiro atoms. The van der Waals surface area contributed by atoms with Gasteiger partial charge in [-0.1, -0.05) is 0 Å². The number of furan rings is 1. The van der Waals surface area contributed by atoms with Gasteiger partial charge >= 0.3 is 0 Å². The number of ether oxygens (including phenoxy) is 2. The molecule has 2 rings (SSSR count). The highest BCUT2D eigenvalue weighted by atomic mass is 16.6. The number of benzene rings is 1. The molecule has 134 valence electrons. The highest BCUT2D eigenvalue weighted by molar-refractivity contribution is 5.99. The Balaban J connectivity index is 2.27. The average Bonchev–Trinajstić information content (AvgIpc) is 3.13. The number of nitro benzene ring substituents is 1. The molecule has 0 bridgehead atoms. The average molecular weight is 350 g/mol. The maximum absolute atomic E-state index is 12.4. The first-order valence-electron chi connectivity index (χ1n) is 7.25. The molecular formula is C16H18N2O7. The summed E-state index contributed by atoms with van der Waals surface area (Å²) in [5.74, 6) is -0.168. The number of rotatable bonds is 7. The normalized spacial score (nSPS) is 13.0. The van der Waals surface area contributed by atoms with Crippen LogP contribution in [0.1, 0.15) is 23.0 Å². The fraction of sp³-hybridized carbons (Fsp3) is 0.312. The van der Waals surface area contributed by atoms with Gasteiger partial charge in [0.15, 0.2) is 11.5 Å². The van der Waals surface area contributed by atoms with E-state index in [1.807, 2.05) is 0 Å². The highest BCUT2D eigenvalue weighted by Gasteiger charge is 2.29. The van der Waals surface area contributed by atoms with Crippen LogP contribution >= 0.6 is 0 Å². The smallest absolute Gasteiger partial charge is 0.286 e. The summed E-state index contributed by atoms with van der Waals surface area (Å²) in [7, 11) is 2.69. The summed E-state index contributed by atoms with van der Waals surface area (Å²) in [5, 5.41) is 24.1. The molecule has 0 radical (unpaired) electrons. The van der Waals surface area contributed by atoms with Gasteiger partial charge in [-0.2, -0.15) is 0 Å². The molecule has 25 heavy (non-hydrogen) atoms. The predicted octanol–water partition coefficient (Wildman–Crippen LogP) is 1.84. The molecule has 1 atom stereocenters. The van der Waals surface area contributed by atoms with E-state index < -0.39 is 22.1 Å². The molecule has 0 aliphatic heterocycles. The van der Waals surface area contributed by atoms with Crippen molar-refractivity contribution in [1.29, 1.82) is 0 Å². The quantitative estimate of drug-likeness (QED) is 0.576. The summed E-state index contributed by atoms with van der Waals surface area (Å²) >= 11 is 0. The lowest BCUT2D eigenvalue weighted by molar-refractivity contribution is -0.385. The Morgan fingerprint density at radius 3 is 2.52 bits per heavy atom. The molecule has 0 aliphatic rings. The van der Waals surface area contributed by atoms with Crippen LogP contribution in [-0.2, 0) is 5.60 Å². The molecule has 1 heterocycles. The van der Waals surface area contributed by atoms with Crippen molar-refractivity contribution in [2.24, 2.45) is 0 Å². The molecule has 9 nitrogen and oxygen atoms in total. The van der Waals surface area contributed by atoms with Crippen molar-refractivity contribution in [1.82, 2.24) is 5.32 Å². The van der Waals surface area contributed by atoms with E-state index in [4.69, 9.17) is 13.9 Å². The van der Waals surface area contributed by atoms with Crippen LogP contribution in [-0.4, -0.2) is 36.7 Å². The first kappa shape index (κ1) is 18.3. The Bertz CT molecular complexity index is 769. The molecule has 0 fully saturated rings. The third kappa shape index (κ3) is 3.89. The van der Waals surface area contributed by atoms with E-state index in [1.54, 1.807) is 12.1 Å². The van der Waals surface area contributed by atoms with Crippen LogP contribution in [0, 0.1) is 10.1 Å². The summed E-state index contributed by atoms with van der Waals surface area (Å²) in [6, 6.07) is 5.49. The van der Waals surface area contributed by atoms with Crippen molar-refractivity contribution < 1.29 is 28.7 Å². The fourth-order valence-corrected chi connectivity index (χ4v) is 2.22. The Morgan fingerprint density at radius 2 is 2.00 bits per heavy atom. The summed E-state index contributed by atoms with van der Waals surface area (Å²) in [4.78, 5) is 23.0. The van der Waals surface area contributed by atoms with Crippen LogP contribution in [0.3, 0.4) is 0 Å². The zero-order valence-electron chi connectivity index (χ0n) is 13.9. The summed E-state index contributed by atoms with van der Waals surface area (Å²) in [5.41, 5.74) is -2.12. The van der Waals surface area contributed by atoms with E-state index in [-0.39, 0.29) is 29.4 Å². The van der Waals surface area contributed by atoms with E-state index in [1.165, 1.54) is 33.5 Å². The number of nitrogens with zero attached hydrogens (tertiary/aromatic N) is 1. The molecule has 1 aromatic carbocycles. The van der Waals surface area contributed by atoms with Crippen molar-refractivity contribution in [3.05, 3.63) is 52.0 Å². The third-order valence-electron chi connectivity index (χ3n) is 3.59. The summed E-state index contributed by atoms with van der Waals surface area (Å²) in [6.45, 7) is 1.25. The van der Waals surface area contributed by atoms with Crippen LogP contribution in [0.15, 0.2) is 34.9 Å². The number of hydrogen-bond acceptors (Lipinski definition) is 7. The second-order valence-electron chi connectivity index (χ2n) is 5.42. The van der Waals surface area contributed by atoms with Crippen molar-refractivity contribution in [3.8, 4) is 11.5 Å². The third-order valence-corrected chi connectivity index (χ3v) is 3.59. The van der Waals surface area contributed by atoms with Gasteiger partial charge in [-0.15, -0.1) is 0 Å². The molecule has 1 unspecified atom stereocenters. The molecule has 1 aromatic heterocycles. The molecule has 9 heteroatoms. The zero-order chi connectivity index (χ0) is 18.6. The predicted molar refractivity (Wildman–Crippen MR) is 86.8 cm³/mol. The standard InChI is InChI=1S/C16H18N2O7/c1-16(20,14-5-4-6-25-14)9-17-15(19)10-7-12(23-2)13(24-3)8-11(10)18(21)22/h4-8,20H,9H2,1-3H3,(H,17,19). The number of methoxy groups -OCH3 is 2. The zero-order valence-corrected chi connectivity index (χ0v) is 13.9. The van der Waals surface area contributed by atoms with Crippen molar-refractivity contribution in [2.45, 2.75) is 12.5 Å². The van der Waals surface area contributed by atoms with Gasteiger partial charge in [-0.3, -0.25) is 14.9 Å². The number of hydrogen-bond donors (Lipinski definition) is 2. The molecule has 2 aromatic rings. The van der Waals surface area contributed by atoms with Crippen LogP contribution in [0.2, 0.25) is 0 Å². The second-order valence-corrected chi connectivity index (χ2v) is 5.42. The number of carbonyl (C=O) groups is 1. The van der Waals surface area contributed by atoms with Crippen molar-refractivity contribution in [2.75, 3.05) is 20.8 Å². The maximum atomic E-state index is 12.4. The Kier molecular flexibility index (Phi) is 5.28. The van der Waals surface area contributed by atoms with Gasteiger partial charge in [0.25, 0.3) is 11.6 Å². The second kappa shape index (κ2) is 7.22. The van der Waals surface area contributed by atoms with Gasteiger partial charge in [-0.25, -0.2) is 0 Å². The van der Waals surface area contributed by atoms with Gasteiger partial charge in [-0.05, 0) is 19.1 Å². The lowest BCUT2D eigenvalue weighted by atomic mass is 10.0. The van der Waals surface area contributed by atoms with Crippen LogP contribution in [0.4, 0.5) is 5.69 Å². The Morgan fingerprint density at radius 1 is 1.36 bits per heavy atom. The van der Waals surface area contributed by atoms with Gasteiger partial charge < -0.3 is 24.3 Å². The fourth-order valence-electron chi connectivity index (χ4n) is 2.22. The van der Waals surface area contributed by atoms with Crippen molar-refractivity contribution >= 4 is 11.6 Å². The topological polar surface area (TPSA) is 124 Å². The Hall–Kier alpha value is -3.07. The molecule has 0 saturated carbocycles. The SMILES string of the molecule is COc1cc(C(=O)NCC(C)(O)c2ccco2)c([N+](=O)[O-])cc1OC. The maximum Gasteiger partial charge on any atom is 0.286 e. The first-order valence-corrected chi connectivity index (χ1v) is 7.25. The van der Waals surface area contributed by atoms with E-state index in [0.717, 1.165) is 6.07 Å². The largest absolute Gasteiger partial charge is 0.493 e. The lowest BCUT2D eigenvalue weighted by Crippen LogP contribution is -2.38. The number of nitro groups is 1. The van der Waals surface area contributed by atoms with Crippen LogP contribution in [0.5, 0.6) is 11.5 Å². The van der Waals surface area contributed by atoms with Gasteiger partial charge in [0.1, 0.15) is 16.9 Å². The van der Waals surface area contributed by atoms with Gasteiger partial charge in [0.2, 0.25) is 0 Å². The van der Waals surface area contributed by atoms with E-state index in [0.29, 0.717) is 0 Å².